The molecule has 0 spiro atoms. The highest BCUT2D eigenvalue weighted by atomic mass is 16.2. The fraction of sp³-hybridized carbons (Fsp3) is 0.100. The van der Waals surface area contributed by atoms with E-state index in [1.807, 2.05) is 43.3 Å². The maximum Gasteiger partial charge on any atom is 0.349 e. The first kappa shape index (κ1) is 17.1. The van der Waals surface area contributed by atoms with E-state index in [1.54, 1.807) is 4.57 Å². The summed E-state index contributed by atoms with van der Waals surface area (Å²) in [4.78, 5) is 34.4. The molecule has 8 heteroatoms. The molecule has 0 unspecified atom stereocenters. The molecule has 2 aromatic carbocycles. The zero-order valence-corrected chi connectivity index (χ0v) is 14.7. The van der Waals surface area contributed by atoms with Gasteiger partial charge in [-0.2, -0.15) is 15.5 Å². The summed E-state index contributed by atoms with van der Waals surface area (Å²) in [5.74, 6) is 0.121. The molecule has 8 nitrogen and oxygen atoms in total. The molecule has 28 heavy (non-hydrogen) atoms. The zero-order valence-electron chi connectivity index (χ0n) is 14.7. The van der Waals surface area contributed by atoms with E-state index in [-0.39, 0.29) is 22.6 Å². The largest absolute Gasteiger partial charge is 0.349 e. The first-order valence-corrected chi connectivity index (χ1v) is 8.34. The van der Waals surface area contributed by atoms with Crippen molar-refractivity contribution in [3.05, 3.63) is 79.5 Å². The number of aromatic amines is 1. The Kier molecular flexibility index (Phi) is 3.95. The van der Waals surface area contributed by atoms with E-state index in [0.29, 0.717) is 17.6 Å². The van der Waals surface area contributed by atoms with Gasteiger partial charge in [-0.1, -0.05) is 29.8 Å². The number of nitriles is 2. The molecule has 2 aromatic rings. The predicted octanol–water partition coefficient (Wildman–Crippen LogP) is 1.68. The van der Waals surface area contributed by atoms with Crippen molar-refractivity contribution in [1.29, 1.82) is 10.5 Å². The lowest BCUT2D eigenvalue weighted by molar-refractivity contribution is 0.789. The smallest absolute Gasteiger partial charge is 0.318 e. The van der Waals surface area contributed by atoms with Crippen molar-refractivity contribution in [2.75, 3.05) is 0 Å². The average molecular weight is 368 g/mol. The Balaban J connectivity index is 2.11. The quantitative estimate of drug-likeness (QED) is 0.536. The molecule has 0 atom stereocenters. The Morgan fingerprint density at radius 2 is 1.71 bits per heavy atom. The predicted molar refractivity (Wildman–Crippen MR) is 101 cm³/mol. The normalized spacial score (nSPS) is 10.7. The van der Waals surface area contributed by atoms with E-state index in [9.17, 15) is 20.1 Å². The number of aromatic nitrogens is 4. The molecule has 0 fully saturated rings. The summed E-state index contributed by atoms with van der Waals surface area (Å²) in [6, 6.07) is 14.7. The number of aryl methyl sites for hydroxylation is 1. The summed E-state index contributed by atoms with van der Waals surface area (Å²) < 4.78 is 1.67. The lowest BCUT2D eigenvalue weighted by atomic mass is 10.1. The van der Waals surface area contributed by atoms with Gasteiger partial charge in [0.25, 0.3) is 5.56 Å². The summed E-state index contributed by atoms with van der Waals surface area (Å²) in [7, 11) is 0. The highest BCUT2D eigenvalue weighted by Gasteiger charge is 2.20. The lowest BCUT2D eigenvalue weighted by Crippen LogP contribution is -2.29. The highest BCUT2D eigenvalue weighted by molar-refractivity contribution is 5.83. The molecule has 0 saturated carbocycles. The molecular weight excluding hydrogens is 356 g/mol. The van der Waals surface area contributed by atoms with Crippen LogP contribution in [-0.4, -0.2) is 19.5 Å². The van der Waals surface area contributed by atoms with Crippen molar-refractivity contribution in [3.63, 3.8) is 0 Å². The van der Waals surface area contributed by atoms with Crippen LogP contribution in [-0.2, 0) is 6.54 Å². The van der Waals surface area contributed by atoms with Gasteiger partial charge in [0.1, 0.15) is 12.1 Å². The third-order valence-corrected chi connectivity index (χ3v) is 4.45. The van der Waals surface area contributed by atoms with Gasteiger partial charge in [0.05, 0.1) is 22.2 Å². The van der Waals surface area contributed by atoms with Crippen molar-refractivity contribution < 1.29 is 0 Å². The minimum absolute atomic E-state index is 0.00666. The highest BCUT2D eigenvalue weighted by Crippen LogP contribution is 2.25. The number of nitrogens with zero attached hydrogens (tertiary/aromatic N) is 5. The van der Waals surface area contributed by atoms with E-state index in [0.717, 1.165) is 11.1 Å². The topological polar surface area (TPSA) is 128 Å². The molecule has 0 radical (unpaired) electrons. The number of hydrogen-bond donors (Lipinski definition) is 1. The van der Waals surface area contributed by atoms with Crippen LogP contribution < -0.4 is 11.2 Å². The minimum Gasteiger partial charge on any atom is -0.318 e. The van der Waals surface area contributed by atoms with Gasteiger partial charge in [-0.3, -0.25) is 9.78 Å². The Morgan fingerprint density at radius 3 is 2.39 bits per heavy atom. The maximum atomic E-state index is 12.3. The molecule has 0 bridgehead atoms. The van der Waals surface area contributed by atoms with Crippen molar-refractivity contribution in [3.8, 4) is 23.7 Å². The van der Waals surface area contributed by atoms with Crippen LogP contribution in [0.2, 0.25) is 0 Å². The van der Waals surface area contributed by atoms with Gasteiger partial charge in [-0.05, 0) is 24.6 Å². The number of fused-ring (bicyclic) bond motifs is 2. The second-order valence-corrected chi connectivity index (χ2v) is 6.34. The third-order valence-electron chi connectivity index (χ3n) is 4.45. The first-order valence-electron chi connectivity index (χ1n) is 8.34. The van der Waals surface area contributed by atoms with Crippen LogP contribution in [0, 0.1) is 29.6 Å². The standard InChI is InChI=1S/C20H12N6O2/c1-11-2-4-12(5-3-11)10-26-16-7-14(9-22)13(8-21)6-15(16)23-17-18(26)24-20(28)25-19(17)27/h2-7H,10H2,1H3,(H,25,27,28). The van der Waals surface area contributed by atoms with Crippen LogP contribution in [0.25, 0.3) is 22.6 Å². The Bertz CT molecular complexity index is 1400. The summed E-state index contributed by atoms with van der Waals surface area (Å²) in [5, 5.41) is 18.7. The molecule has 2 aliphatic rings. The number of H-pyrrole nitrogens is 1. The van der Waals surface area contributed by atoms with Crippen LogP contribution in [0.4, 0.5) is 0 Å². The SMILES string of the molecule is Cc1ccc(Cn2c3nc(=O)[nH]c(=O)c-3nc3cc(C#N)c(C#N)cc32)cc1. The molecule has 2 aliphatic heterocycles. The molecule has 0 aliphatic carbocycles. The number of benzene rings is 2. The van der Waals surface area contributed by atoms with Crippen LogP contribution in [0.5, 0.6) is 0 Å². The molecule has 4 rings (SSSR count). The van der Waals surface area contributed by atoms with Gasteiger partial charge < -0.3 is 4.57 Å². The van der Waals surface area contributed by atoms with E-state index < -0.39 is 11.2 Å². The van der Waals surface area contributed by atoms with Crippen LogP contribution in [0.15, 0.2) is 46.0 Å². The summed E-state index contributed by atoms with van der Waals surface area (Å²) in [5.41, 5.74) is 1.79. The van der Waals surface area contributed by atoms with E-state index in [4.69, 9.17) is 0 Å². The third kappa shape index (κ3) is 2.79. The van der Waals surface area contributed by atoms with Crippen LogP contribution in [0.3, 0.4) is 0 Å². The molecule has 0 amide bonds. The van der Waals surface area contributed by atoms with Gasteiger partial charge in [0, 0.05) is 6.54 Å². The van der Waals surface area contributed by atoms with Crippen molar-refractivity contribution in [2.24, 2.45) is 0 Å². The van der Waals surface area contributed by atoms with Crippen molar-refractivity contribution in [2.45, 2.75) is 13.5 Å². The Hall–Kier alpha value is -4.30. The monoisotopic (exact) mass is 368 g/mol. The Morgan fingerprint density at radius 1 is 1.04 bits per heavy atom. The van der Waals surface area contributed by atoms with Crippen LogP contribution in [0.1, 0.15) is 22.3 Å². The molecule has 134 valence electrons. The van der Waals surface area contributed by atoms with E-state index >= 15 is 0 Å². The number of rotatable bonds is 2. The van der Waals surface area contributed by atoms with Gasteiger partial charge >= 0.3 is 5.69 Å². The minimum atomic E-state index is -0.773. The van der Waals surface area contributed by atoms with Gasteiger partial charge in [0.2, 0.25) is 0 Å². The molecular formula is C20H12N6O2. The van der Waals surface area contributed by atoms with E-state index in [1.165, 1.54) is 12.1 Å². The molecule has 0 aromatic heterocycles. The fourth-order valence-electron chi connectivity index (χ4n) is 3.06. The van der Waals surface area contributed by atoms with Gasteiger partial charge in [0.15, 0.2) is 11.5 Å². The first-order chi connectivity index (χ1) is 13.5. The van der Waals surface area contributed by atoms with Crippen molar-refractivity contribution in [1.82, 2.24) is 19.5 Å². The second-order valence-electron chi connectivity index (χ2n) is 6.34. The molecule has 2 heterocycles. The van der Waals surface area contributed by atoms with Gasteiger partial charge in [-0.15, -0.1) is 0 Å². The Labute approximate surface area is 158 Å². The van der Waals surface area contributed by atoms with E-state index in [2.05, 4.69) is 15.0 Å². The second kappa shape index (κ2) is 6.45. The number of nitrogens with one attached hydrogen (secondary N) is 1. The average Bonchev–Trinajstić information content (AvgIpc) is 2.69. The van der Waals surface area contributed by atoms with Crippen LogP contribution >= 0.6 is 0 Å². The number of hydrogen-bond acceptors (Lipinski definition) is 6. The summed E-state index contributed by atoms with van der Waals surface area (Å²) in [6.07, 6.45) is 0. The van der Waals surface area contributed by atoms with Gasteiger partial charge in [-0.25, -0.2) is 9.78 Å². The summed E-state index contributed by atoms with van der Waals surface area (Å²) in [6.45, 7) is 2.28. The van der Waals surface area contributed by atoms with Crippen molar-refractivity contribution >= 4 is 11.0 Å². The fourth-order valence-corrected chi connectivity index (χ4v) is 3.06. The lowest BCUT2D eigenvalue weighted by Gasteiger charge is -2.17. The molecule has 0 saturated heterocycles. The maximum absolute atomic E-state index is 12.3. The summed E-state index contributed by atoms with van der Waals surface area (Å²) >= 11 is 0. The molecule has 1 N–H and O–H groups in total. The zero-order chi connectivity index (χ0) is 19.8.